The minimum absolute atomic E-state index is 0.0382. The van der Waals surface area contributed by atoms with Gasteiger partial charge >= 0.3 is 0 Å². The maximum Gasteiger partial charge on any atom is 0.159 e. The molecule has 0 bridgehead atoms. The largest absolute Gasteiger partial charge is 0.382 e. The van der Waals surface area contributed by atoms with Gasteiger partial charge in [0, 0.05) is 18.7 Å². The molecule has 0 aromatic carbocycles. The topological polar surface area (TPSA) is 38.7 Å². The normalized spacial score (nSPS) is 54.5. The summed E-state index contributed by atoms with van der Waals surface area (Å²) in [5, 5.41) is 9.64. The van der Waals surface area contributed by atoms with Gasteiger partial charge in [0.25, 0.3) is 0 Å². The molecule has 0 aromatic heterocycles. The third kappa shape index (κ3) is 1.33. The van der Waals surface area contributed by atoms with Crippen molar-refractivity contribution in [3.8, 4) is 0 Å². The summed E-state index contributed by atoms with van der Waals surface area (Å²) in [6, 6.07) is 0. The summed E-state index contributed by atoms with van der Waals surface area (Å²) in [5.41, 5.74) is 1.22. The summed E-state index contributed by atoms with van der Waals surface area (Å²) in [7, 11) is 1.72. The van der Waals surface area contributed by atoms with E-state index in [0.29, 0.717) is 23.8 Å². The van der Waals surface area contributed by atoms with Crippen LogP contribution in [-0.4, -0.2) is 49.2 Å². The van der Waals surface area contributed by atoms with Crippen LogP contribution < -0.4 is 0 Å². The monoisotopic (exact) mass is 204 g/mol. The quantitative estimate of drug-likeness (QED) is 0.678. The van der Waals surface area contributed by atoms with Gasteiger partial charge in [-0.15, -0.1) is 7.92 Å². The van der Waals surface area contributed by atoms with E-state index in [-0.39, 0.29) is 14.0 Å². The summed E-state index contributed by atoms with van der Waals surface area (Å²) >= 11 is 0. The Bertz CT molecular complexity index is 199. The fourth-order valence-corrected chi connectivity index (χ4v) is 5.32. The van der Waals surface area contributed by atoms with Gasteiger partial charge in [-0.05, 0) is 12.3 Å². The molecule has 2 heterocycles. The smallest absolute Gasteiger partial charge is 0.159 e. The predicted octanol–water partition coefficient (Wildman–Crippen LogP) is 0.849. The number of methoxy groups -OCH3 is 1. The Morgan fingerprint density at radius 3 is 2.85 bits per heavy atom. The zero-order chi connectivity index (χ0) is 9.59. The fourth-order valence-electron chi connectivity index (χ4n) is 2.57. The van der Waals surface area contributed by atoms with E-state index in [9.17, 15) is 5.11 Å². The van der Waals surface area contributed by atoms with Gasteiger partial charge in [0.05, 0.1) is 12.7 Å². The molecular weight excluding hydrogens is 187 g/mol. The molecule has 0 aliphatic carbocycles. The lowest BCUT2D eigenvalue weighted by atomic mass is 9.98. The lowest BCUT2D eigenvalue weighted by molar-refractivity contribution is -0.118. The highest BCUT2D eigenvalue weighted by molar-refractivity contribution is 7.60. The van der Waals surface area contributed by atoms with Crippen molar-refractivity contribution >= 4 is 7.92 Å². The van der Waals surface area contributed by atoms with Crippen LogP contribution in [0.1, 0.15) is 6.92 Å². The second-order valence-electron chi connectivity index (χ2n) is 3.99. The molecule has 2 fully saturated rings. The van der Waals surface area contributed by atoms with E-state index in [1.165, 1.54) is 0 Å². The average Bonchev–Trinajstić information content (AvgIpc) is 2.39. The Morgan fingerprint density at radius 1 is 1.54 bits per heavy atom. The molecule has 6 atom stereocenters. The van der Waals surface area contributed by atoms with Crippen molar-refractivity contribution < 1.29 is 14.6 Å². The van der Waals surface area contributed by atoms with Crippen molar-refractivity contribution in [2.24, 2.45) is 5.92 Å². The molecule has 0 aromatic rings. The first-order chi connectivity index (χ1) is 6.16. The maximum absolute atomic E-state index is 9.64. The van der Waals surface area contributed by atoms with Crippen LogP contribution in [0.4, 0.5) is 0 Å². The number of rotatable bonds is 2. The van der Waals surface area contributed by atoms with E-state index in [1.54, 1.807) is 7.11 Å². The Kier molecular flexibility index (Phi) is 2.63. The molecular formula is C9H17O3P. The van der Waals surface area contributed by atoms with Crippen LogP contribution >= 0.6 is 7.92 Å². The molecule has 0 spiro atoms. The van der Waals surface area contributed by atoms with Crippen molar-refractivity contribution in [3.63, 3.8) is 0 Å². The highest BCUT2D eigenvalue weighted by atomic mass is 31.1. The molecule has 6 unspecified atom stereocenters. The predicted molar refractivity (Wildman–Crippen MR) is 52.3 cm³/mol. The molecule has 2 rings (SSSR count). The third-order valence-electron chi connectivity index (χ3n) is 3.42. The van der Waals surface area contributed by atoms with Gasteiger partial charge in [-0.25, -0.2) is 0 Å². The Morgan fingerprint density at radius 2 is 2.23 bits per heavy atom. The Balaban J connectivity index is 2.04. The van der Waals surface area contributed by atoms with Gasteiger partial charge in [0.1, 0.15) is 0 Å². The second-order valence-corrected chi connectivity index (χ2v) is 6.74. The van der Waals surface area contributed by atoms with Gasteiger partial charge in [-0.1, -0.05) is 6.92 Å². The van der Waals surface area contributed by atoms with E-state index in [4.69, 9.17) is 9.47 Å². The van der Waals surface area contributed by atoms with Crippen LogP contribution in [0.5, 0.6) is 0 Å². The van der Waals surface area contributed by atoms with Crippen LogP contribution in [0.3, 0.4) is 0 Å². The first-order valence-electron chi connectivity index (χ1n) is 4.71. The van der Waals surface area contributed by atoms with Crippen LogP contribution in [0, 0.1) is 5.92 Å². The summed E-state index contributed by atoms with van der Waals surface area (Å²) < 4.78 is 10.6. The van der Waals surface area contributed by atoms with Crippen molar-refractivity contribution in [1.29, 1.82) is 0 Å². The summed E-state index contributed by atoms with van der Waals surface area (Å²) in [6.07, 6.45) is -0.406. The standard InChI is InChI=1S/C9H17O3P/c1-5-7-8(13(5)3)6(4-11-2)12-9(7)10/h5-10H,4H2,1-3H3. The Hall–Kier alpha value is 0.310. The van der Waals surface area contributed by atoms with E-state index in [0.717, 1.165) is 0 Å². The minimum atomic E-state index is -0.543. The molecule has 1 N–H and O–H groups in total. The van der Waals surface area contributed by atoms with E-state index < -0.39 is 6.29 Å². The first-order valence-corrected chi connectivity index (χ1v) is 6.64. The van der Waals surface area contributed by atoms with E-state index >= 15 is 0 Å². The SMILES string of the molecule is COCC1OC(O)C2C(C)P(C)C12. The van der Waals surface area contributed by atoms with Gasteiger partial charge < -0.3 is 14.6 Å². The summed E-state index contributed by atoms with van der Waals surface area (Å²) in [4.78, 5) is 0. The molecule has 0 saturated carbocycles. The molecule has 4 heteroatoms. The highest BCUT2D eigenvalue weighted by Gasteiger charge is 2.57. The number of hydrogen-bond donors (Lipinski definition) is 1. The second kappa shape index (κ2) is 3.47. The van der Waals surface area contributed by atoms with Gasteiger partial charge in [-0.3, -0.25) is 0 Å². The summed E-state index contributed by atoms with van der Waals surface area (Å²) in [6.45, 7) is 5.14. The van der Waals surface area contributed by atoms with Gasteiger partial charge in [0.15, 0.2) is 6.29 Å². The van der Waals surface area contributed by atoms with Crippen LogP contribution in [0.15, 0.2) is 0 Å². The van der Waals surface area contributed by atoms with Gasteiger partial charge in [0.2, 0.25) is 0 Å². The molecule has 2 saturated heterocycles. The van der Waals surface area contributed by atoms with Crippen molar-refractivity contribution in [1.82, 2.24) is 0 Å². The highest BCUT2D eigenvalue weighted by Crippen LogP contribution is 2.65. The number of hydrogen-bond acceptors (Lipinski definition) is 3. The molecule has 76 valence electrons. The number of ether oxygens (including phenoxy) is 2. The average molecular weight is 204 g/mol. The zero-order valence-electron chi connectivity index (χ0n) is 8.30. The van der Waals surface area contributed by atoms with Crippen molar-refractivity contribution in [3.05, 3.63) is 0 Å². The lowest BCUT2D eigenvalue weighted by Gasteiger charge is -2.46. The lowest BCUT2D eigenvalue weighted by Crippen LogP contribution is -2.45. The summed E-state index contributed by atoms with van der Waals surface area (Å²) in [5.74, 6) is 0.372. The fraction of sp³-hybridized carbons (Fsp3) is 1.00. The van der Waals surface area contributed by atoms with E-state index in [1.807, 2.05) is 0 Å². The third-order valence-corrected chi connectivity index (χ3v) is 6.67. The molecule has 3 nitrogen and oxygen atoms in total. The van der Waals surface area contributed by atoms with E-state index in [2.05, 4.69) is 13.6 Å². The zero-order valence-corrected chi connectivity index (χ0v) is 9.20. The molecule has 0 amide bonds. The molecule has 13 heavy (non-hydrogen) atoms. The van der Waals surface area contributed by atoms with Gasteiger partial charge in [-0.2, -0.15) is 0 Å². The maximum atomic E-state index is 9.64. The van der Waals surface area contributed by atoms with Crippen LogP contribution in [0.25, 0.3) is 0 Å². The van der Waals surface area contributed by atoms with Crippen molar-refractivity contribution in [2.75, 3.05) is 20.4 Å². The van der Waals surface area contributed by atoms with Crippen molar-refractivity contribution in [2.45, 2.75) is 30.6 Å². The molecule has 2 aliphatic heterocycles. The number of fused-ring (bicyclic) bond motifs is 1. The molecule has 2 aliphatic rings. The van der Waals surface area contributed by atoms with Crippen LogP contribution in [0.2, 0.25) is 0 Å². The number of aliphatic hydroxyl groups is 1. The van der Waals surface area contributed by atoms with Crippen LogP contribution in [-0.2, 0) is 9.47 Å². The molecule has 0 radical (unpaired) electrons. The first kappa shape index (κ1) is 9.85. The number of aliphatic hydroxyl groups excluding tert-OH is 1. The Labute approximate surface area is 80.2 Å². The minimum Gasteiger partial charge on any atom is -0.382 e.